The zero-order valence-electron chi connectivity index (χ0n) is 19.0. The van der Waals surface area contributed by atoms with Crippen LogP contribution in [0.3, 0.4) is 0 Å². The minimum Gasteiger partial charge on any atom is -0.495 e. The highest BCUT2D eigenvalue weighted by atomic mass is 35.5. The Morgan fingerprint density at radius 3 is 2.53 bits per heavy atom. The lowest BCUT2D eigenvalue weighted by Gasteiger charge is -2.43. The van der Waals surface area contributed by atoms with E-state index in [1.54, 1.807) is 7.11 Å². The summed E-state index contributed by atoms with van der Waals surface area (Å²) in [7, 11) is 1.59. The van der Waals surface area contributed by atoms with E-state index >= 15 is 0 Å². The van der Waals surface area contributed by atoms with E-state index < -0.39 is 5.85 Å². The molecule has 1 saturated heterocycles. The van der Waals surface area contributed by atoms with Gasteiger partial charge >= 0.3 is 0 Å². The van der Waals surface area contributed by atoms with Crippen molar-refractivity contribution >= 4 is 17.5 Å². The Kier molecular flexibility index (Phi) is 6.25. The van der Waals surface area contributed by atoms with Crippen molar-refractivity contribution in [1.29, 1.82) is 0 Å². The molecule has 1 unspecified atom stereocenters. The Balaban J connectivity index is 1.47. The van der Waals surface area contributed by atoms with E-state index in [0.717, 1.165) is 36.9 Å². The average molecular weight is 479 g/mol. The van der Waals surface area contributed by atoms with Crippen molar-refractivity contribution in [3.63, 3.8) is 0 Å². The highest BCUT2D eigenvalue weighted by Gasteiger charge is 2.67. The molecule has 1 N–H and O–H groups in total. The molecule has 34 heavy (non-hydrogen) atoms. The summed E-state index contributed by atoms with van der Waals surface area (Å²) in [5.41, 5.74) is 2.34. The van der Waals surface area contributed by atoms with Crippen LogP contribution in [0.5, 0.6) is 5.75 Å². The number of aromatic nitrogens is 2. The van der Waals surface area contributed by atoms with Crippen LogP contribution in [-0.4, -0.2) is 40.3 Å². The number of amides is 1. The maximum atomic E-state index is 13.3. The predicted molar refractivity (Wildman–Crippen MR) is 128 cm³/mol. The maximum absolute atomic E-state index is 13.3. The number of carbonyl (C=O) groups is 1. The van der Waals surface area contributed by atoms with Crippen molar-refractivity contribution in [3.05, 3.63) is 89.0 Å². The van der Waals surface area contributed by atoms with E-state index in [1.807, 2.05) is 36.4 Å². The standard InChI is InChI=1S/C26H27ClN4O3/c1-33-23-8-7-20(13-22(23)27)17-34-26(30-24(32)21-14-28-18-29-15-21)25(9-10-25)11-12-31(26)16-19-5-3-2-4-6-19/h2-8,13-15,18H,9-12,16-17H2,1H3,(H,30,32). The van der Waals surface area contributed by atoms with E-state index in [4.69, 9.17) is 21.1 Å². The van der Waals surface area contributed by atoms with Gasteiger partial charge in [0.25, 0.3) is 5.91 Å². The van der Waals surface area contributed by atoms with E-state index in [1.165, 1.54) is 18.7 Å². The molecule has 1 spiro atoms. The van der Waals surface area contributed by atoms with Crippen molar-refractivity contribution in [3.8, 4) is 5.75 Å². The summed E-state index contributed by atoms with van der Waals surface area (Å²) in [5, 5.41) is 3.79. The largest absolute Gasteiger partial charge is 0.495 e. The number of benzene rings is 2. The number of methoxy groups -OCH3 is 1. The predicted octanol–water partition coefficient (Wildman–Crippen LogP) is 4.43. The summed E-state index contributed by atoms with van der Waals surface area (Å²) in [5.74, 6) is -0.593. The number of hydrogen-bond acceptors (Lipinski definition) is 6. The number of nitrogens with one attached hydrogen (secondary N) is 1. The molecule has 1 saturated carbocycles. The molecular formula is C26H27ClN4O3. The zero-order valence-corrected chi connectivity index (χ0v) is 19.8. The van der Waals surface area contributed by atoms with Gasteiger partial charge in [-0.3, -0.25) is 9.69 Å². The molecule has 1 aromatic heterocycles. The Labute approximate surface area is 204 Å². The molecule has 0 radical (unpaired) electrons. The Hall–Kier alpha value is -3.00. The first-order valence-electron chi connectivity index (χ1n) is 11.4. The van der Waals surface area contributed by atoms with Crippen LogP contribution in [0.15, 0.2) is 67.3 Å². The van der Waals surface area contributed by atoms with Crippen LogP contribution in [0.1, 0.15) is 40.7 Å². The first-order chi connectivity index (χ1) is 16.6. The summed E-state index contributed by atoms with van der Waals surface area (Å²) in [6.07, 6.45) is 7.40. The number of likely N-dealkylation sites (tertiary alicyclic amines) is 1. The van der Waals surface area contributed by atoms with Gasteiger partial charge in [-0.2, -0.15) is 0 Å². The molecule has 3 aromatic rings. The molecule has 5 rings (SSSR count). The molecular weight excluding hydrogens is 452 g/mol. The van der Waals surface area contributed by atoms with Gasteiger partial charge in [-0.05, 0) is 42.5 Å². The lowest BCUT2D eigenvalue weighted by molar-refractivity contribution is -0.194. The number of hydrogen-bond donors (Lipinski definition) is 1. The van der Waals surface area contributed by atoms with Gasteiger partial charge < -0.3 is 14.8 Å². The molecule has 176 valence electrons. The number of nitrogens with zero attached hydrogens (tertiary/aromatic N) is 3. The molecule has 1 amide bonds. The highest BCUT2D eigenvalue weighted by molar-refractivity contribution is 6.32. The molecule has 8 heteroatoms. The normalized spacial score (nSPS) is 20.9. The zero-order chi connectivity index (χ0) is 23.6. The number of rotatable bonds is 8. The molecule has 2 aliphatic rings. The smallest absolute Gasteiger partial charge is 0.257 e. The molecule has 1 aliphatic carbocycles. The van der Waals surface area contributed by atoms with Gasteiger partial charge in [0.15, 0.2) is 0 Å². The van der Waals surface area contributed by atoms with E-state index in [9.17, 15) is 4.79 Å². The molecule has 7 nitrogen and oxygen atoms in total. The van der Waals surface area contributed by atoms with Gasteiger partial charge in [-0.15, -0.1) is 0 Å². The van der Waals surface area contributed by atoms with E-state index in [0.29, 0.717) is 29.5 Å². The van der Waals surface area contributed by atoms with E-state index in [2.05, 4.69) is 32.3 Å². The molecule has 2 fully saturated rings. The van der Waals surface area contributed by atoms with Gasteiger partial charge in [0.05, 0.1) is 24.3 Å². The van der Waals surface area contributed by atoms with Crippen molar-refractivity contribution in [2.75, 3.05) is 13.7 Å². The van der Waals surface area contributed by atoms with Crippen LogP contribution in [0.25, 0.3) is 0 Å². The third-order valence-electron chi connectivity index (χ3n) is 6.86. The Morgan fingerprint density at radius 1 is 1.09 bits per heavy atom. The van der Waals surface area contributed by atoms with Crippen molar-refractivity contribution < 1.29 is 14.3 Å². The fraction of sp³-hybridized carbons (Fsp3) is 0.346. The quantitative estimate of drug-likeness (QED) is 0.483. The second-order valence-corrected chi connectivity index (χ2v) is 9.33. The lowest BCUT2D eigenvalue weighted by atomic mass is 9.98. The van der Waals surface area contributed by atoms with Crippen LogP contribution in [0, 0.1) is 5.41 Å². The fourth-order valence-electron chi connectivity index (χ4n) is 4.87. The van der Waals surface area contributed by atoms with Crippen molar-refractivity contribution in [1.82, 2.24) is 20.2 Å². The Morgan fingerprint density at radius 2 is 1.85 bits per heavy atom. The molecule has 2 aromatic carbocycles. The van der Waals surface area contributed by atoms with Crippen LogP contribution >= 0.6 is 11.6 Å². The number of ether oxygens (including phenoxy) is 2. The summed E-state index contributed by atoms with van der Waals surface area (Å²) in [6, 6.07) is 15.9. The van der Waals surface area contributed by atoms with Crippen LogP contribution in [-0.2, 0) is 17.9 Å². The second-order valence-electron chi connectivity index (χ2n) is 8.92. The fourth-order valence-corrected chi connectivity index (χ4v) is 5.15. The van der Waals surface area contributed by atoms with Gasteiger partial charge in [-0.25, -0.2) is 9.97 Å². The summed E-state index contributed by atoms with van der Waals surface area (Å²) >= 11 is 6.35. The first kappa shape index (κ1) is 22.8. The van der Waals surface area contributed by atoms with Crippen LogP contribution in [0.2, 0.25) is 5.02 Å². The first-order valence-corrected chi connectivity index (χ1v) is 11.8. The molecule has 2 heterocycles. The monoisotopic (exact) mass is 478 g/mol. The third-order valence-corrected chi connectivity index (χ3v) is 7.16. The van der Waals surface area contributed by atoms with Crippen LogP contribution in [0.4, 0.5) is 0 Å². The van der Waals surface area contributed by atoms with Gasteiger partial charge in [0.1, 0.15) is 12.1 Å². The number of halogens is 1. The molecule has 1 atom stereocenters. The SMILES string of the molecule is COc1ccc(COC2(NC(=O)c3cncnc3)N(Cc3ccccc3)CCC23CC3)cc1Cl. The minimum absolute atomic E-state index is 0.136. The topological polar surface area (TPSA) is 76.6 Å². The van der Waals surface area contributed by atoms with Crippen molar-refractivity contribution in [2.24, 2.45) is 5.41 Å². The molecule has 1 aliphatic heterocycles. The van der Waals surface area contributed by atoms with Crippen LogP contribution < -0.4 is 10.1 Å². The Bertz CT molecular complexity index is 1160. The van der Waals surface area contributed by atoms with Gasteiger partial charge in [0, 0.05) is 30.9 Å². The maximum Gasteiger partial charge on any atom is 0.257 e. The van der Waals surface area contributed by atoms with Gasteiger partial charge in [0.2, 0.25) is 5.85 Å². The summed E-state index contributed by atoms with van der Waals surface area (Å²) in [6.45, 7) is 1.78. The average Bonchev–Trinajstić information content (AvgIpc) is 3.61. The second kappa shape index (κ2) is 9.33. The summed E-state index contributed by atoms with van der Waals surface area (Å²) in [4.78, 5) is 23.6. The number of carbonyl (C=O) groups excluding carboxylic acids is 1. The minimum atomic E-state index is -0.956. The van der Waals surface area contributed by atoms with E-state index in [-0.39, 0.29) is 11.3 Å². The van der Waals surface area contributed by atoms with Gasteiger partial charge in [-0.1, -0.05) is 48.0 Å². The summed E-state index contributed by atoms with van der Waals surface area (Å²) < 4.78 is 12.0. The lowest BCUT2D eigenvalue weighted by Crippen LogP contribution is -2.63. The highest BCUT2D eigenvalue weighted by Crippen LogP contribution is 2.62. The third kappa shape index (κ3) is 4.27. The van der Waals surface area contributed by atoms with Crippen molar-refractivity contribution in [2.45, 2.75) is 38.3 Å². The molecule has 0 bridgehead atoms.